The minimum atomic E-state index is -0.668. The minimum Gasteiger partial charge on any atom is -0.481 e. The molecule has 0 saturated heterocycles. The molecule has 0 saturated carbocycles. The number of hydrogen-bond acceptors (Lipinski definition) is 6. The van der Waals surface area contributed by atoms with Crippen LogP contribution in [0.25, 0.3) is 5.69 Å². The molecule has 1 heterocycles. The zero-order valence-electron chi connectivity index (χ0n) is 13.8. The Bertz CT molecular complexity index is 669. The van der Waals surface area contributed by atoms with Gasteiger partial charge < -0.3 is 15.0 Å². The zero-order chi connectivity index (χ0) is 17.5. The molecule has 1 atom stereocenters. The summed E-state index contributed by atoms with van der Waals surface area (Å²) in [5, 5.41) is 13.6. The van der Waals surface area contributed by atoms with Gasteiger partial charge in [0.1, 0.15) is 12.1 Å². The molecular weight excluding hydrogens is 312 g/mol. The molecule has 1 aromatic heterocycles. The fourth-order valence-electron chi connectivity index (χ4n) is 1.87. The molecule has 1 N–H and O–H groups in total. The third-order valence-electron chi connectivity index (χ3n) is 3.27. The summed E-state index contributed by atoms with van der Waals surface area (Å²) in [4.78, 5) is 24.9. The Kier molecular flexibility index (Phi) is 5.83. The highest BCUT2D eigenvalue weighted by Gasteiger charge is 2.15. The van der Waals surface area contributed by atoms with Crippen LogP contribution in [0.15, 0.2) is 30.6 Å². The van der Waals surface area contributed by atoms with Crippen molar-refractivity contribution in [2.75, 3.05) is 20.6 Å². The minimum absolute atomic E-state index is 0.0398. The van der Waals surface area contributed by atoms with E-state index < -0.39 is 6.10 Å². The Morgan fingerprint density at radius 2 is 2.00 bits per heavy atom. The van der Waals surface area contributed by atoms with Gasteiger partial charge in [0.2, 0.25) is 5.91 Å². The number of tetrazole rings is 1. The van der Waals surface area contributed by atoms with Crippen LogP contribution in [0.2, 0.25) is 0 Å². The van der Waals surface area contributed by atoms with Crippen molar-refractivity contribution in [1.29, 1.82) is 0 Å². The Morgan fingerprint density at radius 3 is 2.58 bits per heavy atom. The fraction of sp³-hybridized carbons (Fsp3) is 0.400. The van der Waals surface area contributed by atoms with Crippen molar-refractivity contribution in [2.24, 2.45) is 0 Å². The molecule has 1 aromatic carbocycles. The summed E-state index contributed by atoms with van der Waals surface area (Å²) in [7, 11) is 3.35. The van der Waals surface area contributed by atoms with Crippen molar-refractivity contribution in [3.8, 4) is 11.4 Å². The van der Waals surface area contributed by atoms with Crippen LogP contribution >= 0.6 is 0 Å². The molecule has 0 aliphatic rings. The number of hydrogen-bond donors (Lipinski definition) is 1. The lowest BCUT2D eigenvalue weighted by molar-refractivity contribution is -0.129. The van der Waals surface area contributed by atoms with E-state index in [1.807, 2.05) is 0 Å². The number of carbonyl (C=O) groups is 2. The summed E-state index contributed by atoms with van der Waals surface area (Å²) < 4.78 is 7.10. The Balaban J connectivity index is 1.82. The van der Waals surface area contributed by atoms with Crippen molar-refractivity contribution in [3.63, 3.8) is 0 Å². The van der Waals surface area contributed by atoms with Crippen molar-refractivity contribution in [2.45, 2.75) is 19.4 Å². The second-order valence-electron chi connectivity index (χ2n) is 5.34. The van der Waals surface area contributed by atoms with Crippen LogP contribution < -0.4 is 10.1 Å². The molecular formula is C15H20N6O3. The molecule has 2 aromatic rings. The van der Waals surface area contributed by atoms with Crippen molar-refractivity contribution >= 4 is 11.8 Å². The fourth-order valence-corrected chi connectivity index (χ4v) is 1.87. The Hall–Kier alpha value is -2.97. The van der Waals surface area contributed by atoms with Gasteiger partial charge in [-0.2, -0.15) is 0 Å². The average Bonchev–Trinajstić information content (AvgIpc) is 3.09. The summed E-state index contributed by atoms with van der Waals surface area (Å²) in [6.07, 6.45) is 1.07. The number of rotatable bonds is 7. The number of aromatic nitrogens is 4. The van der Waals surface area contributed by atoms with E-state index >= 15 is 0 Å². The molecule has 0 aliphatic heterocycles. The monoisotopic (exact) mass is 332 g/mol. The number of nitrogens with zero attached hydrogens (tertiary/aromatic N) is 5. The predicted molar refractivity (Wildman–Crippen MR) is 85.6 cm³/mol. The number of benzene rings is 1. The molecule has 0 aliphatic carbocycles. The van der Waals surface area contributed by atoms with Gasteiger partial charge in [0.15, 0.2) is 6.10 Å². The summed E-state index contributed by atoms with van der Waals surface area (Å²) >= 11 is 0. The molecule has 2 rings (SSSR count). The highest BCUT2D eigenvalue weighted by Crippen LogP contribution is 2.15. The van der Waals surface area contributed by atoms with Crippen molar-refractivity contribution in [3.05, 3.63) is 30.6 Å². The quantitative estimate of drug-likeness (QED) is 0.767. The first-order chi connectivity index (χ1) is 11.5. The van der Waals surface area contributed by atoms with E-state index in [0.29, 0.717) is 5.75 Å². The standard InChI is InChI=1S/C15H20N6O3/c1-11(15(23)16-9-8-14(22)20(2)3)24-13-6-4-12(5-7-13)21-10-17-18-19-21/h4-7,10-11H,8-9H2,1-3H3,(H,16,23). The van der Waals surface area contributed by atoms with Gasteiger partial charge in [-0.15, -0.1) is 5.10 Å². The number of amides is 2. The molecule has 9 heteroatoms. The van der Waals surface area contributed by atoms with E-state index in [1.165, 1.54) is 15.9 Å². The molecule has 0 bridgehead atoms. The Morgan fingerprint density at radius 1 is 1.29 bits per heavy atom. The predicted octanol–water partition coefficient (Wildman–Crippen LogP) is 0.0241. The topological polar surface area (TPSA) is 102 Å². The summed E-state index contributed by atoms with van der Waals surface area (Å²) in [6, 6.07) is 7.03. The summed E-state index contributed by atoms with van der Waals surface area (Å²) in [5.41, 5.74) is 0.784. The van der Waals surface area contributed by atoms with Gasteiger partial charge in [-0.3, -0.25) is 9.59 Å². The summed E-state index contributed by atoms with van der Waals surface area (Å²) in [6.45, 7) is 1.93. The van der Waals surface area contributed by atoms with Gasteiger partial charge in [0, 0.05) is 27.1 Å². The number of ether oxygens (including phenoxy) is 1. The first kappa shape index (κ1) is 17.4. The summed E-state index contributed by atoms with van der Waals surface area (Å²) in [5.74, 6) is 0.243. The van der Waals surface area contributed by atoms with Gasteiger partial charge in [0.05, 0.1) is 5.69 Å². The molecule has 24 heavy (non-hydrogen) atoms. The maximum Gasteiger partial charge on any atom is 0.260 e. The second kappa shape index (κ2) is 8.04. The smallest absolute Gasteiger partial charge is 0.260 e. The van der Waals surface area contributed by atoms with E-state index in [1.54, 1.807) is 45.3 Å². The van der Waals surface area contributed by atoms with Crippen LogP contribution in [0, 0.1) is 0 Å². The molecule has 0 radical (unpaired) electrons. The lowest BCUT2D eigenvalue weighted by Crippen LogP contribution is -2.38. The lowest BCUT2D eigenvalue weighted by Gasteiger charge is -2.15. The van der Waals surface area contributed by atoms with Gasteiger partial charge in [0.25, 0.3) is 5.91 Å². The normalized spacial score (nSPS) is 11.6. The van der Waals surface area contributed by atoms with Gasteiger partial charge in [-0.05, 0) is 41.6 Å². The third-order valence-corrected chi connectivity index (χ3v) is 3.27. The average molecular weight is 332 g/mol. The first-order valence-corrected chi connectivity index (χ1v) is 7.45. The number of nitrogens with one attached hydrogen (secondary N) is 1. The van der Waals surface area contributed by atoms with E-state index in [4.69, 9.17) is 4.74 Å². The lowest BCUT2D eigenvalue weighted by atomic mass is 10.3. The van der Waals surface area contributed by atoms with Gasteiger partial charge in [-0.1, -0.05) is 0 Å². The van der Waals surface area contributed by atoms with Crippen LogP contribution in [-0.4, -0.2) is 63.7 Å². The zero-order valence-corrected chi connectivity index (χ0v) is 13.8. The van der Waals surface area contributed by atoms with E-state index in [0.717, 1.165) is 5.69 Å². The second-order valence-corrected chi connectivity index (χ2v) is 5.34. The molecule has 0 fully saturated rings. The number of carbonyl (C=O) groups excluding carboxylic acids is 2. The van der Waals surface area contributed by atoms with Crippen molar-refractivity contribution in [1.82, 2.24) is 30.4 Å². The van der Waals surface area contributed by atoms with Crippen LogP contribution in [0.4, 0.5) is 0 Å². The maximum absolute atomic E-state index is 12.0. The third kappa shape index (κ3) is 4.77. The highest BCUT2D eigenvalue weighted by molar-refractivity contribution is 5.81. The first-order valence-electron chi connectivity index (χ1n) is 7.45. The molecule has 9 nitrogen and oxygen atoms in total. The Labute approximate surface area is 139 Å². The molecule has 128 valence electrons. The van der Waals surface area contributed by atoms with E-state index in [-0.39, 0.29) is 24.8 Å². The van der Waals surface area contributed by atoms with Gasteiger partial charge >= 0.3 is 0 Å². The van der Waals surface area contributed by atoms with Gasteiger partial charge in [-0.25, -0.2) is 4.68 Å². The van der Waals surface area contributed by atoms with Crippen LogP contribution in [-0.2, 0) is 9.59 Å². The maximum atomic E-state index is 12.0. The molecule has 1 unspecified atom stereocenters. The molecule has 0 spiro atoms. The van der Waals surface area contributed by atoms with Crippen molar-refractivity contribution < 1.29 is 14.3 Å². The van der Waals surface area contributed by atoms with Crippen LogP contribution in [0.5, 0.6) is 5.75 Å². The molecule has 2 amide bonds. The van der Waals surface area contributed by atoms with E-state index in [2.05, 4.69) is 20.8 Å². The highest BCUT2D eigenvalue weighted by atomic mass is 16.5. The van der Waals surface area contributed by atoms with E-state index in [9.17, 15) is 9.59 Å². The SMILES string of the molecule is CC(Oc1ccc(-n2cnnn2)cc1)C(=O)NCCC(=O)N(C)C. The largest absolute Gasteiger partial charge is 0.481 e. The van der Waals surface area contributed by atoms with Crippen LogP contribution in [0.3, 0.4) is 0 Å². The van der Waals surface area contributed by atoms with Crippen LogP contribution in [0.1, 0.15) is 13.3 Å².